The van der Waals surface area contributed by atoms with Gasteiger partial charge in [0.25, 0.3) is 0 Å². The van der Waals surface area contributed by atoms with Crippen LogP contribution in [0.25, 0.3) is 0 Å². The first-order valence-electron chi connectivity index (χ1n) is 9.29. The molecule has 1 saturated heterocycles. The second kappa shape index (κ2) is 8.14. The fraction of sp³-hybridized carbons (Fsp3) is 0.238. The Balaban J connectivity index is 1.39. The lowest BCUT2D eigenvalue weighted by Gasteiger charge is -2.19. The number of aromatic nitrogens is 3. The standard InChI is InChI=1S/C21H21N5O3/c1-29-19-5-3-2-4-18(19)26-12-16(10-20(26)27)21(28)24-17-8-6-15(7-9-17)11-25-14-22-13-23-25/h2-9,13-14,16H,10-12H2,1H3,(H,24,28). The normalized spacial score (nSPS) is 16.1. The van der Waals surface area contributed by atoms with Crippen LogP contribution in [0.3, 0.4) is 0 Å². The molecule has 0 saturated carbocycles. The number of nitrogens with one attached hydrogen (secondary N) is 1. The maximum Gasteiger partial charge on any atom is 0.229 e. The van der Waals surface area contributed by atoms with Gasteiger partial charge in [0.15, 0.2) is 0 Å². The molecule has 8 heteroatoms. The average molecular weight is 391 g/mol. The predicted octanol–water partition coefficient (Wildman–Crippen LogP) is 2.33. The van der Waals surface area contributed by atoms with Gasteiger partial charge in [-0.05, 0) is 29.8 Å². The van der Waals surface area contributed by atoms with Gasteiger partial charge in [-0.2, -0.15) is 5.10 Å². The third kappa shape index (κ3) is 4.11. The van der Waals surface area contributed by atoms with E-state index in [2.05, 4.69) is 15.4 Å². The summed E-state index contributed by atoms with van der Waals surface area (Å²) >= 11 is 0. The zero-order valence-electron chi connectivity index (χ0n) is 16.0. The van der Waals surface area contributed by atoms with Crippen molar-refractivity contribution in [3.63, 3.8) is 0 Å². The highest BCUT2D eigenvalue weighted by Crippen LogP contribution is 2.33. The van der Waals surface area contributed by atoms with E-state index < -0.39 is 5.92 Å². The SMILES string of the molecule is COc1ccccc1N1CC(C(=O)Nc2ccc(Cn3cncn3)cc2)CC1=O. The number of ether oxygens (including phenoxy) is 1. The molecule has 2 aromatic carbocycles. The van der Waals surface area contributed by atoms with Crippen molar-refractivity contribution in [2.24, 2.45) is 5.92 Å². The van der Waals surface area contributed by atoms with E-state index in [-0.39, 0.29) is 18.2 Å². The zero-order chi connectivity index (χ0) is 20.2. The molecule has 2 heterocycles. The molecule has 4 rings (SSSR count). The molecule has 148 valence electrons. The van der Waals surface area contributed by atoms with Crippen LogP contribution < -0.4 is 15.0 Å². The summed E-state index contributed by atoms with van der Waals surface area (Å²) in [6.45, 7) is 0.939. The molecule has 0 radical (unpaired) electrons. The molecule has 3 aromatic rings. The second-order valence-corrected chi connectivity index (χ2v) is 6.86. The molecule has 1 aromatic heterocycles. The Hall–Kier alpha value is -3.68. The number of rotatable bonds is 6. The van der Waals surface area contributed by atoms with Gasteiger partial charge in [-0.1, -0.05) is 24.3 Å². The summed E-state index contributed by atoms with van der Waals surface area (Å²) < 4.78 is 7.07. The van der Waals surface area contributed by atoms with Crippen LogP contribution in [0.4, 0.5) is 11.4 Å². The number of hydrogen-bond donors (Lipinski definition) is 1. The maximum absolute atomic E-state index is 12.7. The van der Waals surface area contributed by atoms with E-state index in [0.717, 1.165) is 5.56 Å². The van der Waals surface area contributed by atoms with E-state index in [4.69, 9.17) is 4.74 Å². The third-order valence-corrected chi connectivity index (χ3v) is 4.90. The van der Waals surface area contributed by atoms with Crippen LogP contribution in [0.15, 0.2) is 61.2 Å². The molecule has 2 amide bonds. The summed E-state index contributed by atoms with van der Waals surface area (Å²) in [6, 6.07) is 14.9. The van der Waals surface area contributed by atoms with Crippen LogP contribution in [0, 0.1) is 5.92 Å². The fourth-order valence-corrected chi connectivity index (χ4v) is 3.41. The highest BCUT2D eigenvalue weighted by atomic mass is 16.5. The third-order valence-electron chi connectivity index (χ3n) is 4.90. The number of anilines is 2. The smallest absolute Gasteiger partial charge is 0.229 e. The Morgan fingerprint density at radius 2 is 2.00 bits per heavy atom. The largest absolute Gasteiger partial charge is 0.495 e. The molecule has 29 heavy (non-hydrogen) atoms. The summed E-state index contributed by atoms with van der Waals surface area (Å²) in [7, 11) is 1.57. The van der Waals surface area contributed by atoms with Crippen molar-refractivity contribution in [1.82, 2.24) is 14.8 Å². The van der Waals surface area contributed by atoms with Crippen molar-refractivity contribution in [3.05, 3.63) is 66.7 Å². The Morgan fingerprint density at radius 1 is 1.21 bits per heavy atom. The highest BCUT2D eigenvalue weighted by molar-refractivity contribution is 6.04. The van der Waals surface area contributed by atoms with E-state index in [9.17, 15) is 9.59 Å². The molecule has 0 spiro atoms. The van der Waals surface area contributed by atoms with Crippen molar-refractivity contribution in [3.8, 4) is 5.75 Å². The quantitative estimate of drug-likeness (QED) is 0.697. The first-order chi connectivity index (χ1) is 14.1. The highest BCUT2D eigenvalue weighted by Gasteiger charge is 2.36. The van der Waals surface area contributed by atoms with Gasteiger partial charge in [-0.3, -0.25) is 9.59 Å². The molecule has 0 bridgehead atoms. The summed E-state index contributed by atoms with van der Waals surface area (Å²) in [5.41, 5.74) is 2.43. The number of hydrogen-bond acceptors (Lipinski definition) is 5. The van der Waals surface area contributed by atoms with Gasteiger partial charge in [0.1, 0.15) is 18.4 Å². The first-order valence-corrected chi connectivity index (χ1v) is 9.29. The Kier molecular flexibility index (Phi) is 5.24. The molecule has 0 aliphatic carbocycles. The van der Waals surface area contributed by atoms with Crippen LogP contribution in [-0.4, -0.2) is 40.2 Å². The monoisotopic (exact) mass is 391 g/mol. The van der Waals surface area contributed by atoms with Crippen molar-refractivity contribution >= 4 is 23.2 Å². The van der Waals surface area contributed by atoms with Gasteiger partial charge < -0.3 is 15.0 Å². The summed E-state index contributed by atoms with van der Waals surface area (Å²) in [5, 5.41) is 6.98. The fourth-order valence-electron chi connectivity index (χ4n) is 3.41. The van der Waals surface area contributed by atoms with E-state index in [1.54, 1.807) is 29.1 Å². The van der Waals surface area contributed by atoms with Gasteiger partial charge in [0.2, 0.25) is 11.8 Å². The summed E-state index contributed by atoms with van der Waals surface area (Å²) in [6.07, 6.45) is 3.32. The average Bonchev–Trinajstić information content (AvgIpc) is 3.39. The minimum absolute atomic E-state index is 0.0853. The van der Waals surface area contributed by atoms with E-state index in [1.807, 2.05) is 42.5 Å². The van der Waals surface area contributed by atoms with Gasteiger partial charge in [0, 0.05) is 18.7 Å². The van der Waals surface area contributed by atoms with Gasteiger partial charge in [0.05, 0.1) is 25.3 Å². The van der Waals surface area contributed by atoms with Crippen LogP contribution in [0.2, 0.25) is 0 Å². The molecule has 8 nitrogen and oxygen atoms in total. The van der Waals surface area contributed by atoms with Crippen molar-refractivity contribution in [1.29, 1.82) is 0 Å². The molecular formula is C21H21N5O3. The summed E-state index contributed by atoms with van der Waals surface area (Å²) in [5.74, 6) is -0.0512. The topological polar surface area (TPSA) is 89.3 Å². The number of para-hydroxylation sites is 2. The molecule has 1 atom stereocenters. The summed E-state index contributed by atoms with van der Waals surface area (Å²) in [4.78, 5) is 30.7. The molecule has 1 fully saturated rings. The minimum atomic E-state index is -0.415. The number of benzene rings is 2. The van der Waals surface area contributed by atoms with E-state index in [0.29, 0.717) is 30.2 Å². The Morgan fingerprint density at radius 3 is 2.72 bits per heavy atom. The van der Waals surface area contributed by atoms with Crippen molar-refractivity contribution in [2.75, 3.05) is 23.9 Å². The minimum Gasteiger partial charge on any atom is -0.495 e. The lowest BCUT2D eigenvalue weighted by Crippen LogP contribution is -2.28. The number of carbonyl (C=O) groups is 2. The van der Waals surface area contributed by atoms with Crippen LogP contribution >= 0.6 is 0 Å². The van der Waals surface area contributed by atoms with E-state index >= 15 is 0 Å². The van der Waals surface area contributed by atoms with Crippen LogP contribution in [0.5, 0.6) is 5.75 Å². The Bertz CT molecular complexity index is 1000. The predicted molar refractivity (Wildman–Crippen MR) is 108 cm³/mol. The van der Waals surface area contributed by atoms with E-state index in [1.165, 1.54) is 6.33 Å². The van der Waals surface area contributed by atoms with Crippen LogP contribution in [-0.2, 0) is 16.1 Å². The van der Waals surface area contributed by atoms with Gasteiger partial charge >= 0.3 is 0 Å². The van der Waals surface area contributed by atoms with Gasteiger partial charge in [-0.25, -0.2) is 9.67 Å². The maximum atomic E-state index is 12.7. The number of nitrogens with zero attached hydrogens (tertiary/aromatic N) is 4. The lowest BCUT2D eigenvalue weighted by atomic mass is 10.1. The molecule has 1 N–H and O–H groups in total. The second-order valence-electron chi connectivity index (χ2n) is 6.86. The van der Waals surface area contributed by atoms with Crippen LogP contribution in [0.1, 0.15) is 12.0 Å². The van der Waals surface area contributed by atoms with Crippen molar-refractivity contribution < 1.29 is 14.3 Å². The zero-order valence-corrected chi connectivity index (χ0v) is 16.0. The molecule has 1 unspecified atom stereocenters. The molecule has 1 aliphatic heterocycles. The number of methoxy groups -OCH3 is 1. The first kappa shape index (κ1) is 18.7. The van der Waals surface area contributed by atoms with Gasteiger partial charge in [-0.15, -0.1) is 0 Å². The molecular weight excluding hydrogens is 370 g/mol. The number of amides is 2. The number of carbonyl (C=O) groups excluding carboxylic acids is 2. The lowest BCUT2D eigenvalue weighted by molar-refractivity contribution is -0.122. The Labute approximate surface area is 168 Å². The molecule has 1 aliphatic rings. The van der Waals surface area contributed by atoms with Crippen molar-refractivity contribution in [2.45, 2.75) is 13.0 Å².